The number of aliphatic hydroxyl groups is 1. The Labute approximate surface area is 124 Å². The molecule has 0 spiro atoms. The lowest BCUT2D eigenvalue weighted by Gasteiger charge is -2.60. The smallest absolute Gasteiger partial charge is 0.0543 e. The van der Waals surface area contributed by atoms with Crippen molar-refractivity contribution in [2.45, 2.75) is 84.2 Å². The van der Waals surface area contributed by atoms with Gasteiger partial charge in [0.1, 0.15) is 0 Å². The zero-order valence-electron chi connectivity index (χ0n) is 13.4. The van der Waals surface area contributed by atoms with Gasteiger partial charge in [-0.15, -0.1) is 0 Å². The Kier molecular flexibility index (Phi) is 3.05. The molecule has 0 heterocycles. The second kappa shape index (κ2) is 4.48. The minimum atomic E-state index is 0.00459. The quantitative estimate of drug-likeness (QED) is 0.675. The Balaban J connectivity index is 1.62. The molecule has 7 atom stereocenters. The van der Waals surface area contributed by atoms with E-state index in [4.69, 9.17) is 0 Å². The fraction of sp³-hybridized carbons (Fsp3) is 1.00. The highest BCUT2D eigenvalue weighted by Gasteiger charge is 2.57. The SMILES string of the molecule is C[C@@]12CCC[C@H]1[C@@H]1CC[C@@H]3C[C@@H](O)CC[C@]3(C)[C@H]1CC2. The highest BCUT2D eigenvalue weighted by molar-refractivity contribution is 5.07. The van der Waals surface area contributed by atoms with Crippen LogP contribution in [0.5, 0.6) is 0 Å². The lowest BCUT2D eigenvalue weighted by Crippen LogP contribution is -2.53. The molecular weight excluding hydrogens is 244 g/mol. The Bertz CT molecular complexity index is 391. The number of aliphatic hydroxyl groups excluding tert-OH is 1. The maximum Gasteiger partial charge on any atom is 0.0543 e. The Morgan fingerprint density at radius 3 is 2.55 bits per heavy atom. The monoisotopic (exact) mass is 276 g/mol. The highest BCUT2D eigenvalue weighted by atomic mass is 16.3. The molecule has 0 amide bonds. The summed E-state index contributed by atoms with van der Waals surface area (Å²) in [6.07, 6.45) is 13.8. The summed E-state index contributed by atoms with van der Waals surface area (Å²) in [7, 11) is 0. The van der Waals surface area contributed by atoms with Gasteiger partial charge in [-0.1, -0.05) is 20.3 Å². The summed E-state index contributed by atoms with van der Waals surface area (Å²) in [5, 5.41) is 10.0. The molecule has 0 saturated heterocycles. The van der Waals surface area contributed by atoms with Crippen LogP contribution in [0.4, 0.5) is 0 Å². The maximum atomic E-state index is 10.0. The maximum absolute atomic E-state index is 10.0. The predicted molar refractivity (Wildman–Crippen MR) is 82.4 cm³/mol. The molecule has 1 nitrogen and oxygen atoms in total. The van der Waals surface area contributed by atoms with Gasteiger partial charge in [-0.25, -0.2) is 0 Å². The average Bonchev–Trinajstić information content (AvgIpc) is 2.81. The van der Waals surface area contributed by atoms with Gasteiger partial charge in [-0.05, 0) is 92.3 Å². The van der Waals surface area contributed by atoms with Crippen molar-refractivity contribution in [1.82, 2.24) is 0 Å². The molecule has 4 aliphatic rings. The van der Waals surface area contributed by atoms with Crippen molar-refractivity contribution in [3.05, 3.63) is 0 Å². The lowest BCUT2D eigenvalue weighted by atomic mass is 9.45. The molecule has 20 heavy (non-hydrogen) atoms. The summed E-state index contributed by atoms with van der Waals surface area (Å²) < 4.78 is 0. The van der Waals surface area contributed by atoms with Crippen molar-refractivity contribution in [3.8, 4) is 0 Å². The van der Waals surface area contributed by atoms with Gasteiger partial charge < -0.3 is 5.11 Å². The molecule has 0 aromatic carbocycles. The van der Waals surface area contributed by atoms with Gasteiger partial charge in [0.2, 0.25) is 0 Å². The third-order valence-corrected chi connectivity index (χ3v) is 8.42. The topological polar surface area (TPSA) is 20.2 Å². The molecule has 4 fully saturated rings. The van der Waals surface area contributed by atoms with Gasteiger partial charge in [0.25, 0.3) is 0 Å². The van der Waals surface area contributed by atoms with Crippen LogP contribution in [0, 0.1) is 34.5 Å². The number of fused-ring (bicyclic) bond motifs is 5. The first-order valence-electron chi connectivity index (χ1n) is 9.21. The van der Waals surface area contributed by atoms with Crippen LogP contribution >= 0.6 is 0 Å². The van der Waals surface area contributed by atoms with E-state index in [1.165, 1.54) is 51.4 Å². The number of hydrogen-bond acceptors (Lipinski definition) is 1. The fourth-order valence-electron chi connectivity index (χ4n) is 7.23. The zero-order chi connectivity index (χ0) is 14.0. The molecule has 0 bridgehead atoms. The van der Waals surface area contributed by atoms with Gasteiger partial charge in [0.05, 0.1) is 6.10 Å². The van der Waals surface area contributed by atoms with Crippen LogP contribution in [0.2, 0.25) is 0 Å². The van der Waals surface area contributed by atoms with E-state index in [-0.39, 0.29) is 6.10 Å². The van der Waals surface area contributed by atoms with Gasteiger partial charge in [0, 0.05) is 0 Å². The van der Waals surface area contributed by atoms with E-state index in [9.17, 15) is 5.11 Å². The molecule has 0 aromatic heterocycles. The van der Waals surface area contributed by atoms with E-state index < -0.39 is 0 Å². The first-order valence-corrected chi connectivity index (χ1v) is 9.21. The van der Waals surface area contributed by atoms with Gasteiger partial charge in [-0.2, -0.15) is 0 Å². The predicted octanol–water partition coefficient (Wildman–Crippen LogP) is 4.78. The molecule has 1 heteroatoms. The third-order valence-electron chi connectivity index (χ3n) is 8.42. The van der Waals surface area contributed by atoms with Crippen molar-refractivity contribution in [3.63, 3.8) is 0 Å². The summed E-state index contributed by atoms with van der Waals surface area (Å²) in [4.78, 5) is 0. The summed E-state index contributed by atoms with van der Waals surface area (Å²) in [5.74, 6) is 3.85. The zero-order valence-corrected chi connectivity index (χ0v) is 13.4. The van der Waals surface area contributed by atoms with Crippen molar-refractivity contribution in [2.75, 3.05) is 0 Å². The molecule has 0 radical (unpaired) electrons. The molecule has 0 unspecified atom stereocenters. The first kappa shape index (κ1) is 13.6. The average molecular weight is 276 g/mol. The van der Waals surface area contributed by atoms with E-state index in [1.807, 2.05) is 0 Å². The van der Waals surface area contributed by atoms with Crippen molar-refractivity contribution >= 4 is 0 Å². The fourth-order valence-corrected chi connectivity index (χ4v) is 7.23. The molecular formula is C19H32O. The number of rotatable bonds is 0. The molecule has 114 valence electrons. The lowest BCUT2D eigenvalue weighted by molar-refractivity contribution is -0.120. The van der Waals surface area contributed by atoms with E-state index in [2.05, 4.69) is 13.8 Å². The van der Waals surface area contributed by atoms with E-state index in [0.717, 1.165) is 36.5 Å². The van der Waals surface area contributed by atoms with Crippen molar-refractivity contribution in [2.24, 2.45) is 34.5 Å². The normalized spacial score (nSPS) is 58.6. The number of hydrogen-bond donors (Lipinski definition) is 1. The highest BCUT2D eigenvalue weighted by Crippen LogP contribution is 2.66. The second-order valence-corrected chi connectivity index (χ2v) is 9.17. The molecule has 4 rings (SSSR count). The molecule has 0 aromatic rings. The van der Waals surface area contributed by atoms with Crippen LogP contribution in [0.1, 0.15) is 78.1 Å². The minimum absolute atomic E-state index is 0.00459. The van der Waals surface area contributed by atoms with E-state index in [0.29, 0.717) is 10.8 Å². The van der Waals surface area contributed by atoms with Gasteiger partial charge in [0.15, 0.2) is 0 Å². The van der Waals surface area contributed by atoms with Crippen LogP contribution in [-0.4, -0.2) is 11.2 Å². The molecule has 4 aliphatic carbocycles. The van der Waals surface area contributed by atoms with Crippen LogP contribution in [0.25, 0.3) is 0 Å². The Morgan fingerprint density at radius 1 is 0.850 bits per heavy atom. The molecule has 0 aliphatic heterocycles. The summed E-state index contributed by atoms with van der Waals surface area (Å²) in [6.45, 7) is 5.19. The molecule has 1 N–H and O–H groups in total. The van der Waals surface area contributed by atoms with Crippen LogP contribution < -0.4 is 0 Å². The van der Waals surface area contributed by atoms with Gasteiger partial charge in [-0.3, -0.25) is 0 Å². The summed E-state index contributed by atoms with van der Waals surface area (Å²) >= 11 is 0. The molecule has 4 saturated carbocycles. The van der Waals surface area contributed by atoms with E-state index in [1.54, 1.807) is 0 Å². The Hall–Kier alpha value is -0.0400. The van der Waals surface area contributed by atoms with Crippen molar-refractivity contribution in [1.29, 1.82) is 0 Å². The van der Waals surface area contributed by atoms with Gasteiger partial charge >= 0.3 is 0 Å². The van der Waals surface area contributed by atoms with Crippen LogP contribution in [0.15, 0.2) is 0 Å². The first-order chi connectivity index (χ1) is 9.53. The third kappa shape index (κ3) is 1.77. The summed E-state index contributed by atoms with van der Waals surface area (Å²) in [5.41, 5.74) is 1.25. The minimum Gasteiger partial charge on any atom is -0.393 e. The van der Waals surface area contributed by atoms with Crippen molar-refractivity contribution < 1.29 is 5.11 Å². The van der Waals surface area contributed by atoms with Crippen LogP contribution in [-0.2, 0) is 0 Å². The largest absolute Gasteiger partial charge is 0.393 e. The second-order valence-electron chi connectivity index (χ2n) is 9.17. The van der Waals surface area contributed by atoms with Crippen LogP contribution in [0.3, 0.4) is 0 Å². The standard InChI is InChI=1S/C19H32O/c1-18-9-3-4-16(18)15-6-5-13-12-14(20)7-11-19(13,2)17(15)8-10-18/h13-17,20H,3-12H2,1-2H3/t13-,14+,15+,16+,17+,18+,19+/m1/s1. The Morgan fingerprint density at radius 2 is 1.70 bits per heavy atom. The summed E-state index contributed by atoms with van der Waals surface area (Å²) in [6, 6.07) is 0. The van der Waals surface area contributed by atoms with E-state index >= 15 is 0 Å².